The van der Waals surface area contributed by atoms with E-state index in [1.54, 1.807) is 10.4 Å². The molecule has 2 heterocycles. The smallest absolute Gasteiger partial charge is 0.243 e. The molecule has 0 amide bonds. The molecular weight excluding hydrogens is 324 g/mol. The highest BCUT2D eigenvalue weighted by molar-refractivity contribution is 7.89. The van der Waals surface area contributed by atoms with Crippen molar-refractivity contribution in [3.8, 4) is 0 Å². The molecule has 1 saturated carbocycles. The maximum atomic E-state index is 13.0. The van der Waals surface area contributed by atoms with E-state index in [-0.39, 0.29) is 6.04 Å². The molecule has 1 atom stereocenters. The number of hydrogen-bond acceptors (Lipinski definition) is 4. The van der Waals surface area contributed by atoms with Gasteiger partial charge in [0.2, 0.25) is 10.0 Å². The first-order valence-corrected chi connectivity index (χ1v) is 9.88. The lowest BCUT2D eigenvalue weighted by atomic mass is 10.2. The Kier molecular flexibility index (Phi) is 3.73. The van der Waals surface area contributed by atoms with Gasteiger partial charge in [0.25, 0.3) is 0 Å². The third-order valence-electron chi connectivity index (χ3n) is 4.99. The lowest BCUT2D eigenvalue weighted by Gasteiger charge is -2.18. The summed E-state index contributed by atoms with van der Waals surface area (Å²) in [5.41, 5.74) is 2.80. The molecule has 0 unspecified atom stereocenters. The summed E-state index contributed by atoms with van der Waals surface area (Å²) in [6.07, 6.45) is 5.15. The van der Waals surface area contributed by atoms with Crippen LogP contribution in [0.2, 0.25) is 0 Å². The summed E-state index contributed by atoms with van der Waals surface area (Å²) in [5.74, 6) is 0.565. The van der Waals surface area contributed by atoms with Gasteiger partial charge >= 0.3 is 0 Å². The first-order chi connectivity index (χ1) is 11.4. The van der Waals surface area contributed by atoms with Crippen LogP contribution in [0.5, 0.6) is 0 Å². The van der Waals surface area contributed by atoms with Gasteiger partial charge in [-0.05, 0) is 50.3 Å². The molecule has 24 heavy (non-hydrogen) atoms. The van der Waals surface area contributed by atoms with Crippen molar-refractivity contribution < 1.29 is 8.42 Å². The van der Waals surface area contributed by atoms with Crippen molar-refractivity contribution in [2.45, 2.75) is 50.0 Å². The van der Waals surface area contributed by atoms with Crippen LogP contribution in [0.25, 0.3) is 0 Å². The Morgan fingerprint density at radius 2 is 1.96 bits per heavy atom. The summed E-state index contributed by atoms with van der Waals surface area (Å²) < 4.78 is 29.4. The van der Waals surface area contributed by atoms with Gasteiger partial charge in [0.15, 0.2) is 0 Å². The first kappa shape index (κ1) is 15.8. The SMILES string of the molecule is Cc1ccc(C)c(S(=O)(=O)N2CC[C@@H](n3cc(C4CC4)nn3)C2)c1. The summed E-state index contributed by atoms with van der Waals surface area (Å²) in [7, 11) is -3.46. The van der Waals surface area contributed by atoms with Gasteiger partial charge in [-0.2, -0.15) is 4.31 Å². The molecular formula is C17H22N4O2S. The van der Waals surface area contributed by atoms with E-state index in [0.717, 1.165) is 23.2 Å². The summed E-state index contributed by atoms with van der Waals surface area (Å²) in [4.78, 5) is 0.417. The largest absolute Gasteiger partial charge is 0.248 e. The number of hydrogen-bond donors (Lipinski definition) is 0. The molecule has 6 nitrogen and oxygen atoms in total. The zero-order valence-electron chi connectivity index (χ0n) is 14.0. The van der Waals surface area contributed by atoms with Gasteiger partial charge in [-0.1, -0.05) is 17.3 Å². The first-order valence-electron chi connectivity index (χ1n) is 8.44. The fraction of sp³-hybridized carbons (Fsp3) is 0.529. The standard InChI is InChI=1S/C17H22N4O2S/c1-12-3-4-13(2)17(9-12)24(22,23)20-8-7-15(10-20)21-11-16(18-19-21)14-5-6-14/h3-4,9,11,14-15H,5-8,10H2,1-2H3/t15-/m1/s1. The predicted octanol–water partition coefficient (Wildman–Crippen LogP) is 2.41. The maximum Gasteiger partial charge on any atom is 0.243 e. The Morgan fingerprint density at radius 1 is 1.17 bits per heavy atom. The van der Waals surface area contributed by atoms with E-state index in [1.165, 1.54) is 12.8 Å². The number of nitrogens with zero attached hydrogens (tertiary/aromatic N) is 4. The van der Waals surface area contributed by atoms with Gasteiger partial charge in [-0.3, -0.25) is 0 Å². The summed E-state index contributed by atoms with van der Waals surface area (Å²) in [6.45, 7) is 4.75. The second-order valence-corrected chi connectivity index (χ2v) is 8.88. The molecule has 4 rings (SSSR count). The molecule has 1 aliphatic heterocycles. The van der Waals surface area contributed by atoms with Gasteiger partial charge in [-0.25, -0.2) is 13.1 Å². The molecule has 1 aromatic heterocycles. The van der Waals surface area contributed by atoms with Crippen LogP contribution in [0.15, 0.2) is 29.3 Å². The van der Waals surface area contributed by atoms with Crippen LogP contribution in [0, 0.1) is 13.8 Å². The van der Waals surface area contributed by atoms with E-state index >= 15 is 0 Å². The number of aryl methyl sites for hydroxylation is 2. The van der Waals surface area contributed by atoms with Crippen molar-refractivity contribution in [1.82, 2.24) is 19.3 Å². The quantitative estimate of drug-likeness (QED) is 0.852. The van der Waals surface area contributed by atoms with Gasteiger partial charge in [0.1, 0.15) is 0 Å². The summed E-state index contributed by atoms with van der Waals surface area (Å²) in [6, 6.07) is 5.65. The number of benzene rings is 1. The fourth-order valence-electron chi connectivity index (χ4n) is 3.30. The fourth-order valence-corrected chi connectivity index (χ4v) is 5.11. The molecule has 7 heteroatoms. The minimum absolute atomic E-state index is 0.0740. The lowest BCUT2D eigenvalue weighted by molar-refractivity contribution is 0.428. The van der Waals surface area contributed by atoms with Gasteiger partial charge in [0.05, 0.1) is 16.6 Å². The van der Waals surface area contributed by atoms with Crippen LogP contribution in [-0.2, 0) is 10.0 Å². The Hall–Kier alpha value is -1.73. The number of rotatable bonds is 4. The van der Waals surface area contributed by atoms with Gasteiger partial charge in [0, 0.05) is 25.2 Å². The lowest BCUT2D eigenvalue weighted by Crippen LogP contribution is -2.30. The monoisotopic (exact) mass is 346 g/mol. The van der Waals surface area contributed by atoms with Crippen LogP contribution >= 0.6 is 0 Å². The molecule has 0 bridgehead atoms. The van der Waals surface area contributed by atoms with Gasteiger partial charge in [-0.15, -0.1) is 5.10 Å². The molecule has 1 saturated heterocycles. The minimum Gasteiger partial charge on any atom is -0.248 e. The van der Waals surface area contributed by atoms with Crippen molar-refractivity contribution in [1.29, 1.82) is 0 Å². The normalized spacial score (nSPS) is 22.2. The molecule has 2 aromatic rings. The van der Waals surface area contributed by atoms with Crippen LogP contribution < -0.4 is 0 Å². The van der Waals surface area contributed by atoms with Crippen molar-refractivity contribution >= 4 is 10.0 Å². The maximum absolute atomic E-state index is 13.0. The summed E-state index contributed by atoms with van der Waals surface area (Å²) in [5, 5.41) is 8.46. The molecule has 128 valence electrons. The topological polar surface area (TPSA) is 68.1 Å². The zero-order valence-corrected chi connectivity index (χ0v) is 14.8. The molecule has 2 aliphatic rings. The van der Waals surface area contributed by atoms with Crippen LogP contribution in [0.3, 0.4) is 0 Å². The molecule has 0 radical (unpaired) electrons. The molecule has 2 fully saturated rings. The summed E-state index contributed by atoms with van der Waals surface area (Å²) >= 11 is 0. The van der Waals surface area contributed by atoms with Crippen molar-refractivity contribution in [3.05, 3.63) is 41.2 Å². The van der Waals surface area contributed by atoms with E-state index in [9.17, 15) is 8.42 Å². The molecule has 1 aromatic carbocycles. The predicted molar refractivity (Wildman–Crippen MR) is 90.3 cm³/mol. The Morgan fingerprint density at radius 3 is 2.71 bits per heavy atom. The molecule has 0 spiro atoms. The second kappa shape index (κ2) is 5.67. The van der Waals surface area contributed by atoms with E-state index in [0.29, 0.717) is 23.9 Å². The Labute approximate surface area is 142 Å². The Bertz CT molecular complexity index is 870. The van der Waals surface area contributed by atoms with Crippen LogP contribution in [0.4, 0.5) is 0 Å². The zero-order chi connectivity index (χ0) is 16.9. The number of aromatic nitrogens is 3. The Balaban J connectivity index is 1.55. The van der Waals surface area contributed by atoms with E-state index in [1.807, 2.05) is 36.9 Å². The average molecular weight is 346 g/mol. The molecule has 1 aliphatic carbocycles. The highest BCUT2D eigenvalue weighted by Crippen LogP contribution is 2.39. The van der Waals surface area contributed by atoms with Crippen LogP contribution in [0.1, 0.15) is 48.0 Å². The highest BCUT2D eigenvalue weighted by Gasteiger charge is 2.35. The van der Waals surface area contributed by atoms with E-state index < -0.39 is 10.0 Å². The second-order valence-electron chi connectivity index (χ2n) is 6.97. The minimum atomic E-state index is -3.46. The van der Waals surface area contributed by atoms with Crippen LogP contribution in [-0.4, -0.2) is 40.8 Å². The highest BCUT2D eigenvalue weighted by atomic mass is 32.2. The van der Waals surface area contributed by atoms with E-state index in [2.05, 4.69) is 10.3 Å². The number of sulfonamides is 1. The van der Waals surface area contributed by atoms with Crippen molar-refractivity contribution in [2.75, 3.05) is 13.1 Å². The third kappa shape index (κ3) is 2.75. The van der Waals surface area contributed by atoms with E-state index in [4.69, 9.17) is 0 Å². The van der Waals surface area contributed by atoms with Gasteiger partial charge < -0.3 is 0 Å². The van der Waals surface area contributed by atoms with Crippen molar-refractivity contribution in [3.63, 3.8) is 0 Å². The molecule has 0 N–H and O–H groups in total. The average Bonchev–Trinajstić information content (AvgIpc) is 3.09. The third-order valence-corrected chi connectivity index (χ3v) is 6.99. The van der Waals surface area contributed by atoms with Crippen molar-refractivity contribution in [2.24, 2.45) is 0 Å².